The van der Waals surface area contributed by atoms with E-state index in [2.05, 4.69) is 41.7 Å². The van der Waals surface area contributed by atoms with Crippen LogP contribution in [0.2, 0.25) is 0 Å². The van der Waals surface area contributed by atoms with E-state index in [4.69, 9.17) is 9.97 Å². The molecule has 1 N–H and O–H groups in total. The lowest BCUT2D eigenvalue weighted by atomic mass is 10.1. The van der Waals surface area contributed by atoms with Crippen molar-refractivity contribution in [3.8, 4) is 0 Å². The zero-order chi connectivity index (χ0) is 18.5. The summed E-state index contributed by atoms with van der Waals surface area (Å²) < 4.78 is 0. The molecule has 132 valence electrons. The van der Waals surface area contributed by atoms with E-state index in [1.807, 2.05) is 54.6 Å². The molecule has 27 heavy (non-hydrogen) atoms. The fraction of sp³-hybridized carbons (Fsp3) is 0.0870. The first-order valence-electron chi connectivity index (χ1n) is 8.93. The quantitative estimate of drug-likeness (QED) is 0.407. The highest BCUT2D eigenvalue weighted by Gasteiger charge is 2.09. The third kappa shape index (κ3) is 4.18. The Morgan fingerprint density at radius 1 is 0.815 bits per heavy atom. The number of hydrogen-bond acceptors (Lipinski definition) is 4. The summed E-state index contributed by atoms with van der Waals surface area (Å²) in [7, 11) is 0. The van der Waals surface area contributed by atoms with Gasteiger partial charge in [0.05, 0.1) is 22.9 Å². The first-order chi connectivity index (χ1) is 13.3. The van der Waals surface area contributed by atoms with Crippen LogP contribution in [0.15, 0.2) is 84.0 Å². The maximum Gasteiger partial charge on any atom is 0.169 e. The molecule has 0 atom stereocenters. The lowest BCUT2D eigenvalue weighted by molar-refractivity contribution is 1.06. The zero-order valence-electron chi connectivity index (χ0n) is 15.1. The normalized spacial score (nSPS) is 11.1. The van der Waals surface area contributed by atoms with E-state index < -0.39 is 0 Å². The van der Waals surface area contributed by atoms with Crippen LogP contribution in [0.3, 0.4) is 0 Å². The topological polar surface area (TPSA) is 50.2 Å². The summed E-state index contributed by atoms with van der Waals surface area (Å²) in [6, 6.07) is 26.4. The molecule has 0 radical (unpaired) electrons. The molecule has 4 heteroatoms. The highest BCUT2D eigenvalue weighted by atomic mass is 15.3. The fourth-order valence-electron chi connectivity index (χ4n) is 2.86. The lowest BCUT2D eigenvalue weighted by Crippen LogP contribution is -2.03. The van der Waals surface area contributed by atoms with Crippen LogP contribution in [-0.4, -0.2) is 16.2 Å². The second-order valence-electron chi connectivity index (χ2n) is 6.45. The molecule has 0 amide bonds. The Morgan fingerprint density at radius 2 is 1.48 bits per heavy atom. The van der Waals surface area contributed by atoms with Gasteiger partial charge in [-0.05, 0) is 30.2 Å². The molecule has 4 nitrogen and oxygen atoms in total. The number of benzene rings is 3. The number of rotatable bonds is 5. The smallest absolute Gasteiger partial charge is 0.169 e. The number of anilines is 1. The number of aryl methyl sites for hydroxylation is 1. The summed E-state index contributed by atoms with van der Waals surface area (Å²) in [6.07, 6.45) is 2.49. The number of hydrazone groups is 1. The van der Waals surface area contributed by atoms with Crippen LogP contribution >= 0.6 is 0 Å². The Hall–Kier alpha value is -3.53. The fourth-order valence-corrected chi connectivity index (χ4v) is 2.86. The van der Waals surface area contributed by atoms with Gasteiger partial charge in [0.25, 0.3) is 0 Å². The van der Waals surface area contributed by atoms with Gasteiger partial charge in [0, 0.05) is 6.42 Å². The van der Waals surface area contributed by atoms with Gasteiger partial charge in [-0.2, -0.15) is 5.10 Å². The van der Waals surface area contributed by atoms with E-state index in [0.29, 0.717) is 12.2 Å². The van der Waals surface area contributed by atoms with Crippen molar-refractivity contribution in [1.29, 1.82) is 0 Å². The molecule has 4 rings (SSSR count). The molecular formula is C23H20N4. The minimum absolute atomic E-state index is 0.681. The maximum atomic E-state index is 4.81. The molecule has 0 aliphatic carbocycles. The maximum absolute atomic E-state index is 4.81. The van der Waals surface area contributed by atoms with E-state index in [0.717, 1.165) is 22.3 Å². The summed E-state index contributed by atoms with van der Waals surface area (Å²) in [5.74, 6) is 0.681. The molecule has 0 fully saturated rings. The van der Waals surface area contributed by atoms with Crippen molar-refractivity contribution >= 4 is 23.1 Å². The standard InChI is InChI=1S/C23H20N4/c1-17-11-13-19(14-12-17)16-24-27-23-22(15-18-7-3-2-4-8-18)25-20-9-5-6-10-21(20)26-23/h2-14,16H,15H2,1H3,(H,26,27)/b24-16+. The van der Waals surface area contributed by atoms with E-state index in [1.165, 1.54) is 11.1 Å². The summed E-state index contributed by atoms with van der Waals surface area (Å²) in [4.78, 5) is 9.54. The minimum Gasteiger partial charge on any atom is -0.260 e. The van der Waals surface area contributed by atoms with E-state index in [-0.39, 0.29) is 0 Å². The van der Waals surface area contributed by atoms with Crippen molar-refractivity contribution in [2.75, 3.05) is 5.43 Å². The van der Waals surface area contributed by atoms with Crippen LogP contribution in [0.5, 0.6) is 0 Å². The number of hydrogen-bond donors (Lipinski definition) is 1. The summed E-state index contributed by atoms with van der Waals surface area (Å²) >= 11 is 0. The van der Waals surface area contributed by atoms with Gasteiger partial charge in [0.15, 0.2) is 5.82 Å². The SMILES string of the molecule is Cc1ccc(/C=N/Nc2nc3ccccc3nc2Cc2ccccc2)cc1. The Balaban J connectivity index is 1.64. The second-order valence-corrected chi connectivity index (χ2v) is 6.45. The second kappa shape index (κ2) is 7.79. The van der Waals surface area contributed by atoms with Gasteiger partial charge in [-0.15, -0.1) is 0 Å². The molecule has 0 bridgehead atoms. The lowest BCUT2D eigenvalue weighted by Gasteiger charge is -2.09. The van der Waals surface area contributed by atoms with Crippen LogP contribution in [0.1, 0.15) is 22.4 Å². The molecule has 0 spiro atoms. The molecule has 0 saturated heterocycles. The van der Waals surface area contributed by atoms with Crippen LogP contribution in [0.25, 0.3) is 11.0 Å². The van der Waals surface area contributed by atoms with Gasteiger partial charge in [0.2, 0.25) is 0 Å². The van der Waals surface area contributed by atoms with E-state index >= 15 is 0 Å². The molecule has 0 unspecified atom stereocenters. The van der Waals surface area contributed by atoms with Gasteiger partial charge >= 0.3 is 0 Å². The van der Waals surface area contributed by atoms with E-state index in [1.54, 1.807) is 6.21 Å². The molecule has 4 aromatic rings. The largest absolute Gasteiger partial charge is 0.260 e. The number of aromatic nitrogens is 2. The molecule has 1 heterocycles. The molecule has 0 saturated carbocycles. The molecule has 0 aliphatic rings. The van der Waals surface area contributed by atoms with Gasteiger partial charge in [-0.1, -0.05) is 72.3 Å². The first-order valence-corrected chi connectivity index (χ1v) is 8.93. The van der Waals surface area contributed by atoms with Crippen molar-refractivity contribution in [3.05, 3.63) is 101 Å². The minimum atomic E-state index is 0.681. The van der Waals surface area contributed by atoms with Crippen molar-refractivity contribution in [3.63, 3.8) is 0 Å². The van der Waals surface area contributed by atoms with Crippen molar-refractivity contribution in [2.24, 2.45) is 5.10 Å². The van der Waals surface area contributed by atoms with Crippen molar-refractivity contribution in [1.82, 2.24) is 9.97 Å². The third-order valence-corrected chi connectivity index (χ3v) is 4.32. The highest BCUT2D eigenvalue weighted by molar-refractivity contribution is 5.81. The highest BCUT2D eigenvalue weighted by Crippen LogP contribution is 2.20. The van der Waals surface area contributed by atoms with Crippen LogP contribution < -0.4 is 5.43 Å². The summed E-state index contributed by atoms with van der Waals surface area (Å²) in [6.45, 7) is 2.07. The van der Waals surface area contributed by atoms with Crippen LogP contribution in [-0.2, 0) is 6.42 Å². The van der Waals surface area contributed by atoms with Crippen LogP contribution in [0, 0.1) is 6.92 Å². The average Bonchev–Trinajstić information content (AvgIpc) is 2.70. The number of nitrogens with one attached hydrogen (secondary N) is 1. The van der Waals surface area contributed by atoms with Crippen molar-refractivity contribution < 1.29 is 0 Å². The van der Waals surface area contributed by atoms with Gasteiger partial charge < -0.3 is 0 Å². The first kappa shape index (κ1) is 16.9. The molecular weight excluding hydrogens is 332 g/mol. The third-order valence-electron chi connectivity index (χ3n) is 4.32. The number of fused-ring (bicyclic) bond motifs is 1. The predicted molar refractivity (Wildman–Crippen MR) is 111 cm³/mol. The van der Waals surface area contributed by atoms with Gasteiger partial charge in [-0.3, -0.25) is 5.43 Å². The molecule has 3 aromatic carbocycles. The monoisotopic (exact) mass is 352 g/mol. The Morgan fingerprint density at radius 3 is 2.22 bits per heavy atom. The Labute approximate surface area is 158 Å². The van der Waals surface area contributed by atoms with Crippen LogP contribution in [0.4, 0.5) is 5.82 Å². The van der Waals surface area contributed by atoms with Gasteiger partial charge in [0.1, 0.15) is 0 Å². The van der Waals surface area contributed by atoms with Gasteiger partial charge in [-0.25, -0.2) is 9.97 Å². The number of para-hydroxylation sites is 2. The van der Waals surface area contributed by atoms with Crippen molar-refractivity contribution in [2.45, 2.75) is 13.3 Å². The van der Waals surface area contributed by atoms with E-state index in [9.17, 15) is 0 Å². The zero-order valence-corrected chi connectivity index (χ0v) is 15.1. The Kier molecular flexibility index (Phi) is 4.88. The molecule has 1 aromatic heterocycles. The average molecular weight is 352 g/mol. The molecule has 0 aliphatic heterocycles. The number of nitrogens with zero attached hydrogens (tertiary/aromatic N) is 3. The Bertz CT molecular complexity index is 1070. The predicted octanol–water partition coefficient (Wildman–Crippen LogP) is 4.98. The summed E-state index contributed by atoms with van der Waals surface area (Å²) in [5.41, 5.74) is 9.14. The summed E-state index contributed by atoms with van der Waals surface area (Å²) in [5, 5.41) is 4.37.